The predicted octanol–water partition coefficient (Wildman–Crippen LogP) is 4.33. The van der Waals surface area contributed by atoms with Gasteiger partial charge in [-0.25, -0.2) is 0 Å². The molecule has 6 nitrogen and oxygen atoms in total. The zero-order chi connectivity index (χ0) is 22.4. The van der Waals surface area contributed by atoms with E-state index < -0.39 is 0 Å². The first-order valence-corrected chi connectivity index (χ1v) is 11.1. The lowest BCUT2D eigenvalue weighted by Crippen LogP contribution is -2.53. The number of nitrogens with zero attached hydrogens (tertiary/aromatic N) is 2. The number of ether oxygens (including phenoxy) is 2. The number of carbonyl (C=O) groups is 1. The van der Waals surface area contributed by atoms with Crippen molar-refractivity contribution in [2.75, 3.05) is 51.8 Å². The monoisotopic (exact) mass is 465 g/mol. The van der Waals surface area contributed by atoms with E-state index in [2.05, 4.69) is 15.1 Å². The molecule has 168 valence electrons. The van der Waals surface area contributed by atoms with Gasteiger partial charge in [-0.1, -0.05) is 23.2 Å². The van der Waals surface area contributed by atoms with E-state index in [1.54, 1.807) is 13.2 Å². The smallest absolute Gasteiger partial charge is 0.241 e. The Hall–Kier alpha value is -1.99. The van der Waals surface area contributed by atoms with Crippen LogP contribution in [0.5, 0.6) is 11.5 Å². The van der Waals surface area contributed by atoms with Gasteiger partial charge >= 0.3 is 0 Å². The molecule has 2 aromatic carbocycles. The molecule has 1 fully saturated rings. The van der Waals surface area contributed by atoms with E-state index in [0.29, 0.717) is 28.1 Å². The third-order valence-corrected chi connectivity index (χ3v) is 6.22. The van der Waals surface area contributed by atoms with Crippen molar-refractivity contribution < 1.29 is 14.3 Å². The maximum atomic E-state index is 12.8. The van der Waals surface area contributed by atoms with Crippen molar-refractivity contribution in [1.29, 1.82) is 0 Å². The van der Waals surface area contributed by atoms with Crippen LogP contribution in [0.2, 0.25) is 10.0 Å². The van der Waals surface area contributed by atoms with Gasteiger partial charge in [0.05, 0.1) is 18.8 Å². The number of aryl methyl sites for hydroxylation is 1. The summed E-state index contributed by atoms with van der Waals surface area (Å²) in [4.78, 5) is 17.4. The van der Waals surface area contributed by atoms with Gasteiger partial charge in [-0.3, -0.25) is 14.6 Å². The molecular weight excluding hydrogens is 437 g/mol. The summed E-state index contributed by atoms with van der Waals surface area (Å²) in [7, 11) is 1.57. The minimum Gasteiger partial charge on any atom is -0.495 e. The van der Waals surface area contributed by atoms with E-state index >= 15 is 0 Å². The Bertz CT molecular complexity index is 884. The highest BCUT2D eigenvalue weighted by Gasteiger charge is 2.26. The van der Waals surface area contributed by atoms with Crippen molar-refractivity contribution in [3.05, 3.63) is 52.0 Å². The number of hydrogen-bond donors (Lipinski definition) is 1. The average Bonchev–Trinajstić information content (AvgIpc) is 2.77. The highest BCUT2D eigenvalue weighted by molar-refractivity contribution is 6.31. The molecule has 1 unspecified atom stereocenters. The number of nitrogens with one attached hydrogen (secondary N) is 1. The van der Waals surface area contributed by atoms with Gasteiger partial charge in [0.15, 0.2) is 0 Å². The van der Waals surface area contributed by atoms with Gasteiger partial charge in [-0.2, -0.15) is 0 Å². The van der Waals surface area contributed by atoms with E-state index in [-0.39, 0.29) is 11.9 Å². The van der Waals surface area contributed by atoms with E-state index in [4.69, 9.17) is 32.7 Å². The number of rotatable bonds is 8. The van der Waals surface area contributed by atoms with Crippen LogP contribution in [0.25, 0.3) is 0 Å². The SMILES string of the molecule is COc1cc(Cl)c(C)cc1NC(=O)C(C)N1CCN(CCOc2ccc(Cl)cc2)CC1. The van der Waals surface area contributed by atoms with Crippen LogP contribution in [-0.2, 0) is 4.79 Å². The molecule has 0 aliphatic carbocycles. The number of anilines is 1. The molecule has 0 saturated carbocycles. The summed E-state index contributed by atoms with van der Waals surface area (Å²) < 4.78 is 11.1. The second-order valence-corrected chi connectivity index (χ2v) is 8.49. The maximum absolute atomic E-state index is 12.8. The Morgan fingerprint density at radius 1 is 1.13 bits per heavy atom. The first kappa shape index (κ1) is 23.7. The molecule has 1 amide bonds. The second-order valence-electron chi connectivity index (χ2n) is 7.65. The van der Waals surface area contributed by atoms with Gasteiger partial charge in [0, 0.05) is 48.8 Å². The average molecular weight is 466 g/mol. The fourth-order valence-electron chi connectivity index (χ4n) is 3.53. The van der Waals surface area contributed by atoms with Gasteiger partial charge in [0.1, 0.15) is 18.1 Å². The molecule has 1 N–H and O–H groups in total. The fourth-order valence-corrected chi connectivity index (χ4v) is 3.81. The van der Waals surface area contributed by atoms with Gasteiger partial charge < -0.3 is 14.8 Å². The first-order valence-electron chi connectivity index (χ1n) is 10.4. The Balaban J connectivity index is 1.45. The van der Waals surface area contributed by atoms with Gasteiger partial charge in [0.2, 0.25) is 5.91 Å². The topological polar surface area (TPSA) is 54.0 Å². The molecule has 2 aromatic rings. The summed E-state index contributed by atoms with van der Waals surface area (Å²) in [6, 6.07) is 10.7. The van der Waals surface area contributed by atoms with E-state index in [9.17, 15) is 4.79 Å². The number of benzene rings is 2. The molecule has 1 aliphatic heterocycles. The largest absolute Gasteiger partial charge is 0.495 e. The van der Waals surface area contributed by atoms with Crippen molar-refractivity contribution in [2.45, 2.75) is 19.9 Å². The molecule has 8 heteroatoms. The van der Waals surface area contributed by atoms with E-state index in [0.717, 1.165) is 44.0 Å². The number of methoxy groups -OCH3 is 1. The van der Waals surface area contributed by atoms with Crippen molar-refractivity contribution in [2.24, 2.45) is 0 Å². The van der Waals surface area contributed by atoms with Gasteiger partial charge in [-0.15, -0.1) is 0 Å². The van der Waals surface area contributed by atoms with Crippen molar-refractivity contribution in [3.8, 4) is 11.5 Å². The van der Waals surface area contributed by atoms with Crippen molar-refractivity contribution in [1.82, 2.24) is 9.80 Å². The third kappa shape index (κ3) is 6.50. The van der Waals surface area contributed by atoms with Crippen LogP contribution in [-0.4, -0.2) is 68.2 Å². The maximum Gasteiger partial charge on any atom is 0.241 e. The minimum absolute atomic E-state index is 0.0560. The fraction of sp³-hybridized carbons (Fsp3) is 0.435. The molecule has 0 spiro atoms. The van der Waals surface area contributed by atoms with Crippen molar-refractivity contribution in [3.63, 3.8) is 0 Å². The van der Waals surface area contributed by atoms with Crippen LogP contribution in [0.4, 0.5) is 5.69 Å². The Morgan fingerprint density at radius 2 is 1.81 bits per heavy atom. The first-order chi connectivity index (χ1) is 14.9. The third-order valence-electron chi connectivity index (χ3n) is 5.56. The lowest BCUT2D eigenvalue weighted by atomic mass is 10.1. The number of amides is 1. The van der Waals surface area contributed by atoms with Crippen LogP contribution >= 0.6 is 23.2 Å². The Labute approximate surface area is 194 Å². The van der Waals surface area contributed by atoms with Crippen LogP contribution < -0.4 is 14.8 Å². The summed E-state index contributed by atoms with van der Waals surface area (Å²) in [5.41, 5.74) is 1.53. The molecule has 1 aliphatic rings. The van der Waals surface area contributed by atoms with Gasteiger partial charge in [0.25, 0.3) is 0 Å². The van der Waals surface area contributed by atoms with Crippen LogP contribution in [0, 0.1) is 6.92 Å². The molecule has 3 rings (SSSR count). The molecular formula is C23H29Cl2N3O3. The lowest BCUT2D eigenvalue weighted by Gasteiger charge is -2.37. The van der Waals surface area contributed by atoms with E-state index in [1.165, 1.54) is 0 Å². The zero-order valence-electron chi connectivity index (χ0n) is 18.2. The quantitative estimate of drug-likeness (QED) is 0.628. The lowest BCUT2D eigenvalue weighted by molar-refractivity contribution is -0.121. The number of halogens is 2. The second kappa shape index (κ2) is 11.0. The summed E-state index contributed by atoms with van der Waals surface area (Å²) in [6.07, 6.45) is 0. The highest BCUT2D eigenvalue weighted by Crippen LogP contribution is 2.31. The standard InChI is InChI=1S/C23H29Cl2N3O3/c1-16-14-21(22(30-3)15-20(16)25)26-23(29)17(2)28-10-8-27(9-11-28)12-13-31-19-6-4-18(24)5-7-19/h4-7,14-15,17H,8-13H2,1-3H3,(H,26,29). The molecule has 31 heavy (non-hydrogen) atoms. The number of carbonyl (C=O) groups excluding carboxylic acids is 1. The van der Waals surface area contributed by atoms with Crippen LogP contribution in [0.15, 0.2) is 36.4 Å². The Kier molecular flexibility index (Phi) is 8.43. The number of hydrogen-bond acceptors (Lipinski definition) is 5. The van der Waals surface area contributed by atoms with Crippen molar-refractivity contribution >= 4 is 34.8 Å². The number of piperazine rings is 1. The normalized spacial score (nSPS) is 16.0. The summed E-state index contributed by atoms with van der Waals surface area (Å²) >= 11 is 12.1. The molecule has 1 heterocycles. The van der Waals surface area contributed by atoms with Gasteiger partial charge in [-0.05, 0) is 49.7 Å². The summed E-state index contributed by atoms with van der Waals surface area (Å²) in [6.45, 7) is 8.74. The predicted molar refractivity (Wildman–Crippen MR) is 126 cm³/mol. The summed E-state index contributed by atoms with van der Waals surface area (Å²) in [5, 5.41) is 4.30. The Morgan fingerprint density at radius 3 is 2.45 bits per heavy atom. The molecule has 0 radical (unpaired) electrons. The molecule has 0 bridgehead atoms. The molecule has 1 atom stereocenters. The highest BCUT2D eigenvalue weighted by atomic mass is 35.5. The van der Waals surface area contributed by atoms with Crippen LogP contribution in [0.1, 0.15) is 12.5 Å². The molecule has 0 aromatic heterocycles. The van der Waals surface area contributed by atoms with Crippen LogP contribution in [0.3, 0.4) is 0 Å². The van der Waals surface area contributed by atoms with E-state index in [1.807, 2.05) is 44.2 Å². The summed E-state index contributed by atoms with van der Waals surface area (Å²) in [5.74, 6) is 1.32. The minimum atomic E-state index is -0.242. The zero-order valence-corrected chi connectivity index (χ0v) is 19.7. The molecule has 1 saturated heterocycles.